The first-order valence-electron chi connectivity index (χ1n) is 5.81. The summed E-state index contributed by atoms with van der Waals surface area (Å²) >= 11 is 3.36. The normalized spacial score (nSPS) is 16.9. The van der Waals surface area contributed by atoms with Gasteiger partial charge in [-0.1, -0.05) is 42.1 Å². The zero-order valence-electron chi connectivity index (χ0n) is 10.8. The predicted octanol–water partition coefficient (Wildman–Crippen LogP) is 5.09. The third-order valence-corrected chi connectivity index (χ3v) is 3.57. The van der Waals surface area contributed by atoms with Crippen molar-refractivity contribution in [2.45, 2.75) is 64.8 Å². The molecule has 1 unspecified atom stereocenters. The van der Waals surface area contributed by atoms with Crippen molar-refractivity contribution in [3.8, 4) is 0 Å². The molecular weight excluding hydrogens is 268 g/mol. The Hall–Kier alpha value is 0.397. The van der Waals surface area contributed by atoms with Crippen molar-refractivity contribution in [1.82, 2.24) is 0 Å². The van der Waals surface area contributed by atoms with E-state index in [1.54, 1.807) is 0 Å². The summed E-state index contributed by atoms with van der Waals surface area (Å²) in [5.41, 5.74) is -0.0802. The quantitative estimate of drug-likeness (QED) is 0.469. The Labute approximate surface area is 105 Å². The minimum atomic E-state index is -1.46. The van der Waals surface area contributed by atoms with Gasteiger partial charge in [0, 0.05) is 0 Å². The molecule has 0 saturated heterocycles. The Morgan fingerprint density at radius 3 is 2.27 bits per heavy atom. The summed E-state index contributed by atoms with van der Waals surface area (Å²) in [5.74, 6) is 0. The van der Waals surface area contributed by atoms with Crippen LogP contribution in [0.2, 0.25) is 19.6 Å². The fourth-order valence-electron chi connectivity index (χ4n) is 1.73. The van der Waals surface area contributed by atoms with Gasteiger partial charge in [-0.3, -0.25) is 0 Å². The van der Waals surface area contributed by atoms with Gasteiger partial charge in [0.2, 0.25) is 0 Å². The van der Waals surface area contributed by atoms with E-state index in [-0.39, 0.29) is 5.60 Å². The third kappa shape index (κ3) is 8.23. The van der Waals surface area contributed by atoms with E-state index in [4.69, 9.17) is 4.43 Å². The van der Waals surface area contributed by atoms with Crippen LogP contribution >= 0.6 is 15.9 Å². The van der Waals surface area contributed by atoms with Gasteiger partial charge in [0.25, 0.3) is 0 Å². The molecule has 0 rings (SSSR count). The van der Waals surface area contributed by atoms with Crippen LogP contribution in [-0.2, 0) is 4.43 Å². The van der Waals surface area contributed by atoms with E-state index in [0.29, 0.717) is 0 Å². The molecule has 0 heterocycles. The van der Waals surface area contributed by atoms with E-state index >= 15 is 0 Å². The zero-order valence-corrected chi connectivity index (χ0v) is 13.4. The number of hydrogen-bond donors (Lipinski definition) is 0. The molecule has 0 fully saturated rings. The highest BCUT2D eigenvalue weighted by atomic mass is 79.9. The first kappa shape index (κ1) is 15.4. The summed E-state index contributed by atoms with van der Waals surface area (Å²) < 4.78 is 6.23. The lowest BCUT2D eigenvalue weighted by Gasteiger charge is -2.34. The van der Waals surface area contributed by atoms with E-state index in [1.807, 2.05) is 4.99 Å². The van der Waals surface area contributed by atoms with Crippen molar-refractivity contribution in [3.05, 3.63) is 11.1 Å². The largest absolute Gasteiger partial charge is 0.409 e. The van der Waals surface area contributed by atoms with Crippen LogP contribution in [0.1, 0.15) is 39.5 Å². The molecule has 1 atom stereocenters. The maximum absolute atomic E-state index is 6.23. The summed E-state index contributed by atoms with van der Waals surface area (Å²) in [6.45, 7) is 11.2. The Kier molecular flexibility index (Phi) is 7.05. The number of rotatable bonds is 7. The first-order valence-corrected chi connectivity index (χ1v) is 10.1. The molecule has 0 amide bonds. The van der Waals surface area contributed by atoms with Crippen LogP contribution in [0.3, 0.4) is 0 Å². The molecule has 0 aliphatic heterocycles. The summed E-state index contributed by atoms with van der Waals surface area (Å²) in [7, 11) is -1.46. The van der Waals surface area contributed by atoms with E-state index in [2.05, 4.69) is 55.5 Å². The smallest absolute Gasteiger partial charge is 0.184 e. The fourth-order valence-corrected chi connectivity index (χ4v) is 3.86. The summed E-state index contributed by atoms with van der Waals surface area (Å²) in [6, 6.07) is 0. The topological polar surface area (TPSA) is 9.23 Å². The highest BCUT2D eigenvalue weighted by Crippen LogP contribution is 2.26. The third-order valence-electron chi connectivity index (χ3n) is 2.23. The van der Waals surface area contributed by atoms with Crippen LogP contribution in [0, 0.1) is 0 Å². The average molecular weight is 293 g/mol. The lowest BCUT2D eigenvalue weighted by Crippen LogP contribution is -2.39. The van der Waals surface area contributed by atoms with Crippen LogP contribution in [0.5, 0.6) is 0 Å². The second-order valence-electron chi connectivity index (χ2n) is 5.28. The average Bonchev–Trinajstić information content (AvgIpc) is 2.01. The van der Waals surface area contributed by atoms with Gasteiger partial charge in [-0.25, -0.2) is 0 Å². The molecule has 0 radical (unpaired) electrons. The predicted molar refractivity (Wildman–Crippen MR) is 75.0 cm³/mol. The van der Waals surface area contributed by atoms with Gasteiger partial charge in [0.1, 0.15) is 0 Å². The Bertz CT molecular complexity index is 198. The molecule has 0 N–H and O–H groups in total. The van der Waals surface area contributed by atoms with E-state index in [0.717, 1.165) is 6.42 Å². The lowest BCUT2D eigenvalue weighted by atomic mass is 9.99. The molecule has 0 aromatic heterocycles. The summed E-state index contributed by atoms with van der Waals surface area (Å²) in [5, 5.41) is 0. The molecule has 0 bridgehead atoms. The Morgan fingerprint density at radius 2 is 1.87 bits per heavy atom. The van der Waals surface area contributed by atoms with Gasteiger partial charge < -0.3 is 4.43 Å². The molecule has 3 heteroatoms. The maximum atomic E-state index is 6.23. The minimum absolute atomic E-state index is 0.0802. The van der Waals surface area contributed by atoms with E-state index in [1.165, 1.54) is 19.3 Å². The number of hydrogen-bond acceptors (Lipinski definition) is 1. The zero-order chi connectivity index (χ0) is 11.9. The lowest BCUT2D eigenvalue weighted by molar-refractivity contribution is 0.119. The van der Waals surface area contributed by atoms with E-state index in [9.17, 15) is 0 Å². The van der Waals surface area contributed by atoms with Crippen molar-refractivity contribution < 1.29 is 4.43 Å². The monoisotopic (exact) mass is 292 g/mol. The van der Waals surface area contributed by atoms with E-state index < -0.39 is 8.32 Å². The van der Waals surface area contributed by atoms with Gasteiger partial charge in [0.15, 0.2) is 8.32 Å². The SMILES string of the molecule is CCCCCC(C)(/C=C/Br)O[Si](C)(C)C. The number of unbranched alkanes of at least 4 members (excludes halogenated alkanes) is 2. The first-order chi connectivity index (χ1) is 6.83. The van der Waals surface area contributed by atoms with Crippen molar-refractivity contribution >= 4 is 24.2 Å². The van der Waals surface area contributed by atoms with Gasteiger partial charge in [-0.15, -0.1) is 0 Å². The second kappa shape index (κ2) is 6.87. The van der Waals surface area contributed by atoms with Crippen LogP contribution in [0.4, 0.5) is 0 Å². The molecule has 0 aliphatic rings. The Morgan fingerprint density at radius 1 is 1.27 bits per heavy atom. The van der Waals surface area contributed by atoms with Gasteiger partial charge in [-0.2, -0.15) is 0 Å². The van der Waals surface area contributed by atoms with Gasteiger partial charge in [-0.05, 0) is 44.0 Å². The standard InChI is InChI=1S/C12H25BrOSi/c1-6-7-8-9-12(2,10-11-13)14-15(3,4)5/h10-11H,6-9H2,1-5H3/b11-10+. The number of halogens is 1. The molecule has 0 aliphatic carbocycles. The summed E-state index contributed by atoms with van der Waals surface area (Å²) in [6.07, 6.45) is 7.06. The highest BCUT2D eigenvalue weighted by Gasteiger charge is 2.28. The second-order valence-corrected chi connectivity index (χ2v) is 10.2. The molecule has 0 spiro atoms. The molecule has 0 saturated carbocycles. The van der Waals surface area contributed by atoms with Gasteiger partial charge in [0.05, 0.1) is 5.60 Å². The van der Waals surface area contributed by atoms with Crippen molar-refractivity contribution in [2.24, 2.45) is 0 Å². The molecular formula is C12H25BrOSi. The van der Waals surface area contributed by atoms with Crippen LogP contribution < -0.4 is 0 Å². The van der Waals surface area contributed by atoms with Crippen molar-refractivity contribution in [3.63, 3.8) is 0 Å². The van der Waals surface area contributed by atoms with Crippen molar-refractivity contribution in [2.75, 3.05) is 0 Å². The highest BCUT2D eigenvalue weighted by molar-refractivity contribution is 9.11. The van der Waals surface area contributed by atoms with Crippen LogP contribution in [0.25, 0.3) is 0 Å². The fraction of sp³-hybridized carbons (Fsp3) is 0.833. The molecule has 0 aromatic carbocycles. The van der Waals surface area contributed by atoms with Gasteiger partial charge >= 0.3 is 0 Å². The molecule has 1 nitrogen and oxygen atoms in total. The summed E-state index contributed by atoms with van der Waals surface area (Å²) in [4.78, 5) is 1.93. The minimum Gasteiger partial charge on any atom is -0.409 e. The van der Waals surface area contributed by atoms with Crippen LogP contribution in [-0.4, -0.2) is 13.9 Å². The molecule has 90 valence electrons. The maximum Gasteiger partial charge on any atom is 0.184 e. The molecule has 15 heavy (non-hydrogen) atoms. The molecule has 0 aromatic rings. The van der Waals surface area contributed by atoms with Crippen LogP contribution in [0.15, 0.2) is 11.1 Å². The Balaban J connectivity index is 4.32. The van der Waals surface area contributed by atoms with Crippen molar-refractivity contribution in [1.29, 1.82) is 0 Å².